The van der Waals surface area contributed by atoms with Gasteiger partial charge in [-0.25, -0.2) is 4.79 Å². The Bertz CT molecular complexity index is 628. The number of benzene rings is 2. The van der Waals surface area contributed by atoms with Crippen LogP contribution in [0.5, 0.6) is 11.5 Å². The Morgan fingerprint density at radius 3 is 2.65 bits per heavy atom. The summed E-state index contributed by atoms with van der Waals surface area (Å²) in [6.45, 7) is 1.98. The Labute approximate surface area is 122 Å². The molecule has 2 rings (SSSR count). The van der Waals surface area contributed by atoms with Crippen molar-refractivity contribution in [1.82, 2.24) is 0 Å². The van der Waals surface area contributed by atoms with E-state index < -0.39 is 6.09 Å². The minimum atomic E-state index is -0.548. The van der Waals surface area contributed by atoms with Gasteiger partial charge in [0.25, 0.3) is 0 Å². The van der Waals surface area contributed by atoms with Crippen LogP contribution in [0.2, 0.25) is 5.02 Å². The van der Waals surface area contributed by atoms with Crippen molar-refractivity contribution in [2.45, 2.75) is 6.92 Å². The maximum atomic E-state index is 11.1. The lowest BCUT2D eigenvalue weighted by molar-refractivity contribution is 0.187. The van der Waals surface area contributed by atoms with Crippen molar-refractivity contribution in [1.29, 1.82) is 0 Å². The molecule has 0 saturated heterocycles. The molecule has 0 spiro atoms. The fourth-order valence-corrected chi connectivity index (χ4v) is 1.86. The minimum absolute atomic E-state index is 0.403. The van der Waals surface area contributed by atoms with E-state index in [0.717, 1.165) is 5.56 Å². The van der Waals surface area contributed by atoms with Gasteiger partial charge in [-0.05, 0) is 42.8 Å². The summed E-state index contributed by atoms with van der Waals surface area (Å²) in [6, 6.07) is 12.6. The second kappa shape index (κ2) is 6.30. The molecule has 1 N–H and O–H groups in total. The summed E-state index contributed by atoms with van der Waals surface area (Å²) in [5, 5.41) is 2.93. The second-order valence-electron chi connectivity index (χ2n) is 4.18. The maximum absolute atomic E-state index is 11.1. The first-order valence-electron chi connectivity index (χ1n) is 5.97. The average molecular weight is 292 g/mol. The number of carbonyl (C=O) groups is 1. The van der Waals surface area contributed by atoms with Crippen molar-refractivity contribution in [2.75, 3.05) is 12.4 Å². The van der Waals surface area contributed by atoms with Gasteiger partial charge in [-0.15, -0.1) is 0 Å². The predicted octanol–water partition coefficient (Wildman–Crippen LogP) is 4.62. The van der Waals surface area contributed by atoms with Gasteiger partial charge in [-0.3, -0.25) is 5.32 Å². The summed E-state index contributed by atoms with van der Waals surface area (Å²) < 4.78 is 10.2. The lowest BCUT2D eigenvalue weighted by Gasteiger charge is -2.10. The molecule has 2 aromatic rings. The van der Waals surface area contributed by atoms with Crippen LogP contribution in [0.3, 0.4) is 0 Å². The molecule has 5 heteroatoms. The molecule has 0 saturated carbocycles. The molecule has 0 radical (unpaired) electrons. The van der Waals surface area contributed by atoms with E-state index in [-0.39, 0.29) is 0 Å². The molecule has 0 aliphatic carbocycles. The monoisotopic (exact) mass is 291 g/mol. The smallest absolute Gasteiger partial charge is 0.411 e. The molecule has 0 aliphatic heterocycles. The van der Waals surface area contributed by atoms with E-state index in [0.29, 0.717) is 22.2 Å². The predicted molar refractivity (Wildman–Crippen MR) is 78.7 cm³/mol. The lowest BCUT2D eigenvalue weighted by atomic mass is 10.2. The molecule has 0 atom stereocenters. The highest BCUT2D eigenvalue weighted by molar-refractivity contribution is 6.32. The lowest BCUT2D eigenvalue weighted by Crippen LogP contribution is -2.10. The van der Waals surface area contributed by atoms with Crippen LogP contribution in [0.15, 0.2) is 42.5 Å². The SMILES string of the molecule is COC(=O)Nc1ccc(Oc2cccc(C)c2)c(Cl)c1. The van der Waals surface area contributed by atoms with E-state index in [4.69, 9.17) is 16.3 Å². The zero-order valence-electron chi connectivity index (χ0n) is 11.1. The standard InChI is InChI=1S/C15H14ClNO3/c1-10-4-3-5-12(8-10)20-14-7-6-11(9-13(14)16)17-15(18)19-2/h3-9H,1-2H3,(H,17,18). The number of anilines is 1. The zero-order chi connectivity index (χ0) is 14.5. The molecular formula is C15H14ClNO3. The molecule has 104 valence electrons. The van der Waals surface area contributed by atoms with Gasteiger partial charge < -0.3 is 9.47 Å². The van der Waals surface area contributed by atoms with E-state index in [1.165, 1.54) is 7.11 Å². The number of aryl methyl sites for hydroxylation is 1. The normalized spacial score (nSPS) is 9.95. The van der Waals surface area contributed by atoms with Crippen LogP contribution < -0.4 is 10.1 Å². The van der Waals surface area contributed by atoms with E-state index in [1.54, 1.807) is 18.2 Å². The maximum Gasteiger partial charge on any atom is 0.411 e. The van der Waals surface area contributed by atoms with Crippen LogP contribution in [0.4, 0.5) is 10.5 Å². The quantitative estimate of drug-likeness (QED) is 0.897. The number of methoxy groups -OCH3 is 1. The van der Waals surface area contributed by atoms with Gasteiger partial charge in [0.05, 0.1) is 12.1 Å². The van der Waals surface area contributed by atoms with Crippen LogP contribution in [0.25, 0.3) is 0 Å². The Morgan fingerprint density at radius 2 is 2.00 bits per heavy atom. The fraction of sp³-hybridized carbons (Fsp3) is 0.133. The van der Waals surface area contributed by atoms with Crippen molar-refractivity contribution in [2.24, 2.45) is 0 Å². The fourth-order valence-electron chi connectivity index (χ4n) is 1.64. The van der Waals surface area contributed by atoms with Crippen LogP contribution in [-0.2, 0) is 4.74 Å². The molecule has 0 unspecified atom stereocenters. The summed E-state index contributed by atoms with van der Waals surface area (Å²) >= 11 is 6.13. The van der Waals surface area contributed by atoms with Crippen molar-refractivity contribution in [3.63, 3.8) is 0 Å². The Balaban J connectivity index is 2.15. The van der Waals surface area contributed by atoms with Crippen molar-refractivity contribution < 1.29 is 14.3 Å². The topological polar surface area (TPSA) is 47.6 Å². The van der Waals surface area contributed by atoms with E-state index in [1.807, 2.05) is 31.2 Å². The number of ether oxygens (including phenoxy) is 2. The number of nitrogens with one attached hydrogen (secondary N) is 1. The number of amides is 1. The Morgan fingerprint density at radius 1 is 1.20 bits per heavy atom. The van der Waals surface area contributed by atoms with E-state index in [9.17, 15) is 4.79 Å². The molecule has 4 nitrogen and oxygen atoms in total. The van der Waals surface area contributed by atoms with Crippen molar-refractivity contribution in [3.8, 4) is 11.5 Å². The van der Waals surface area contributed by atoms with Crippen LogP contribution in [0.1, 0.15) is 5.56 Å². The van der Waals surface area contributed by atoms with Gasteiger partial charge in [0.15, 0.2) is 0 Å². The van der Waals surface area contributed by atoms with Gasteiger partial charge in [0.2, 0.25) is 0 Å². The third-order valence-corrected chi connectivity index (χ3v) is 2.88. The first-order valence-corrected chi connectivity index (χ1v) is 6.35. The highest BCUT2D eigenvalue weighted by atomic mass is 35.5. The number of hydrogen-bond acceptors (Lipinski definition) is 3. The molecule has 20 heavy (non-hydrogen) atoms. The van der Waals surface area contributed by atoms with Crippen molar-refractivity contribution in [3.05, 3.63) is 53.1 Å². The third-order valence-electron chi connectivity index (χ3n) is 2.58. The Kier molecular flexibility index (Phi) is 4.48. The molecule has 0 aliphatic rings. The van der Waals surface area contributed by atoms with Gasteiger partial charge >= 0.3 is 6.09 Å². The number of carbonyl (C=O) groups excluding carboxylic acids is 1. The van der Waals surface area contributed by atoms with Crippen LogP contribution in [-0.4, -0.2) is 13.2 Å². The third kappa shape index (κ3) is 3.65. The highest BCUT2D eigenvalue weighted by Gasteiger charge is 2.07. The molecule has 0 fully saturated rings. The molecule has 0 aromatic heterocycles. The minimum Gasteiger partial charge on any atom is -0.456 e. The Hall–Kier alpha value is -2.20. The molecule has 1 amide bonds. The highest BCUT2D eigenvalue weighted by Crippen LogP contribution is 2.31. The summed E-state index contributed by atoms with van der Waals surface area (Å²) in [5.41, 5.74) is 1.64. The molecule has 2 aromatic carbocycles. The van der Waals surface area contributed by atoms with Crippen LogP contribution >= 0.6 is 11.6 Å². The van der Waals surface area contributed by atoms with Crippen LogP contribution in [0, 0.1) is 6.92 Å². The first-order chi connectivity index (χ1) is 9.58. The first kappa shape index (κ1) is 14.2. The van der Waals surface area contributed by atoms with E-state index in [2.05, 4.69) is 10.1 Å². The summed E-state index contributed by atoms with van der Waals surface area (Å²) in [6.07, 6.45) is -0.548. The molecular weight excluding hydrogens is 278 g/mol. The second-order valence-corrected chi connectivity index (χ2v) is 4.59. The largest absolute Gasteiger partial charge is 0.456 e. The molecule has 0 bridgehead atoms. The van der Waals surface area contributed by atoms with E-state index >= 15 is 0 Å². The summed E-state index contributed by atoms with van der Waals surface area (Å²) in [7, 11) is 1.30. The molecule has 0 heterocycles. The summed E-state index contributed by atoms with van der Waals surface area (Å²) in [5.74, 6) is 1.23. The van der Waals surface area contributed by atoms with Gasteiger partial charge in [0, 0.05) is 5.69 Å². The number of halogens is 1. The van der Waals surface area contributed by atoms with Gasteiger partial charge in [-0.2, -0.15) is 0 Å². The number of rotatable bonds is 3. The summed E-state index contributed by atoms with van der Waals surface area (Å²) in [4.78, 5) is 11.1. The van der Waals surface area contributed by atoms with Crippen molar-refractivity contribution >= 4 is 23.4 Å². The average Bonchev–Trinajstić information content (AvgIpc) is 2.42. The number of hydrogen-bond donors (Lipinski definition) is 1. The van der Waals surface area contributed by atoms with Gasteiger partial charge in [0.1, 0.15) is 11.5 Å². The van der Waals surface area contributed by atoms with Gasteiger partial charge in [-0.1, -0.05) is 23.7 Å². The zero-order valence-corrected chi connectivity index (χ0v) is 11.9.